The molecule has 0 bridgehead atoms. The second kappa shape index (κ2) is 4.47. The van der Waals surface area contributed by atoms with Gasteiger partial charge in [-0.15, -0.1) is 22.9 Å². The third kappa shape index (κ3) is 2.30. The Bertz CT molecular complexity index is 484. The van der Waals surface area contributed by atoms with E-state index in [9.17, 15) is 4.39 Å². The van der Waals surface area contributed by atoms with Gasteiger partial charge in [0, 0.05) is 10.9 Å². The summed E-state index contributed by atoms with van der Waals surface area (Å²) in [7, 11) is 0. The van der Waals surface area contributed by atoms with E-state index < -0.39 is 5.82 Å². The van der Waals surface area contributed by atoms with Crippen molar-refractivity contribution in [1.29, 1.82) is 0 Å². The first-order valence-corrected chi connectivity index (χ1v) is 5.95. The number of thiazole rings is 1. The SMILES string of the molecule is Fc1ccc(-c2nc(CCl)cs2)cc1Cl. The van der Waals surface area contributed by atoms with Gasteiger partial charge in [0.1, 0.15) is 10.8 Å². The fourth-order valence-corrected chi connectivity index (χ4v) is 2.36. The van der Waals surface area contributed by atoms with Gasteiger partial charge in [-0.25, -0.2) is 9.37 Å². The van der Waals surface area contributed by atoms with Crippen molar-refractivity contribution < 1.29 is 4.39 Å². The van der Waals surface area contributed by atoms with Crippen molar-refractivity contribution >= 4 is 34.5 Å². The zero-order chi connectivity index (χ0) is 10.8. The van der Waals surface area contributed by atoms with E-state index in [1.807, 2.05) is 5.38 Å². The maximum atomic E-state index is 12.9. The highest BCUT2D eigenvalue weighted by Crippen LogP contribution is 2.27. The Morgan fingerprint density at radius 2 is 2.20 bits per heavy atom. The molecule has 0 aliphatic rings. The van der Waals surface area contributed by atoms with Crippen molar-refractivity contribution in [1.82, 2.24) is 4.98 Å². The molecule has 1 aromatic carbocycles. The molecule has 0 saturated carbocycles. The first kappa shape index (κ1) is 10.9. The van der Waals surface area contributed by atoms with Gasteiger partial charge in [-0.05, 0) is 18.2 Å². The monoisotopic (exact) mass is 261 g/mol. The zero-order valence-corrected chi connectivity index (χ0v) is 9.83. The van der Waals surface area contributed by atoms with Crippen molar-refractivity contribution in [3.63, 3.8) is 0 Å². The molecule has 0 amide bonds. The van der Waals surface area contributed by atoms with Crippen molar-refractivity contribution in [3.05, 3.63) is 40.1 Å². The second-order valence-corrected chi connectivity index (χ2v) is 4.44. The van der Waals surface area contributed by atoms with Crippen LogP contribution in [0.4, 0.5) is 4.39 Å². The summed E-state index contributed by atoms with van der Waals surface area (Å²) in [5.74, 6) is -0.0413. The van der Waals surface area contributed by atoms with E-state index >= 15 is 0 Å². The van der Waals surface area contributed by atoms with Gasteiger partial charge < -0.3 is 0 Å². The zero-order valence-electron chi connectivity index (χ0n) is 7.51. The number of alkyl halides is 1. The van der Waals surface area contributed by atoms with Crippen LogP contribution < -0.4 is 0 Å². The molecule has 5 heteroatoms. The van der Waals surface area contributed by atoms with Crippen LogP contribution in [0.15, 0.2) is 23.6 Å². The largest absolute Gasteiger partial charge is 0.240 e. The molecule has 0 fully saturated rings. The smallest absolute Gasteiger partial charge is 0.141 e. The van der Waals surface area contributed by atoms with Gasteiger partial charge in [0.05, 0.1) is 16.6 Å². The highest BCUT2D eigenvalue weighted by atomic mass is 35.5. The standard InChI is InChI=1S/C10H6Cl2FNS/c11-4-7-5-15-10(14-7)6-1-2-9(13)8(12)3-6/h1-3,5H,4H2. The summed E-state index contributed by atoms with van der Waals surface area (Å²) in [6.45, 7) is 0. The number of rotatable bonds is 2. The predicted octanol–water partition coefficient (Wildman–Crippen LogP) is 4.34. The van der Waals surface area contributed by atoms with Gasteiger partial charge in [0.25, 0.3) is 0 Å². The van der Waals surface area contributed by atoms with Crippen molar-refractivity contribution in [3.8, 4) is 10.6 Å². The summed E-state index contributed by atoms with van der Waals surface area (Å²) in [5, 5.41) is 2.78. The lowest BCUT2D eigenvalue weighted by Crippen LogP contribution is -1.81. The summed E-state index contributed by atoms with van der Waals surface area (Å²) in [5.41, 5.74) is 1.62. The molecule has 1 heterocycles. The maximum absolute atomic E-state index is 12.9. The second-order valence-electron chi connectivity index (χ2n) is 2.91. The topological polar surface area (TPSA) is 12.9 Å². The van der Waals surface area contributed by atoms with Crippen LogP contribution in [-0.2, 0) is 5.88 Å². The lowest BCUT2D eigenvalue weighted by Gasteiger charge is -1.97. The van der Waals surface area contributed by atoms with Crippen LogP contribution in [0.25, 0.3) is 10.6 Å². The summed E-state index contributed by atoms with van der Waals surface area (Å²) in [4.78, 5) is 4.28. The van der Waals surface area contributed by atoms with E-state index in [1.165, 1.54) is 17.4 Å². The van der Waals surface area contributed by atoms with Gasteiger partial charge in [-0.2, -0.15) is 0 Å². The Morgan fingerprint density at radius 3 is 2.80 bits per heavy atom. The molecule has 0 aliphatic heterocycles. The summed E-state index contributed by atoms with van der Waals surface area (Å²) >= 11 is 12.8. The summed E-state index contributed by atoms with van der Waals surface area (Å²) < 4.78 is 12.9. The fraction of sp³-hybridized carbons (Fsp3) is 0.100. The molecule has 0 radical (unpaired) electrons. The molecule has 1 aromatic heterocycles. The molecule has 78 valence electrons. The molecule has 2 rings (SSSR count). The maximum Gasteiger partial charge on any atom is 0.141 e. The molecule has 0 saturated heterocycles. The normalized spacial score (nSPS) is 10.6. The molecule has 15 heavy (non-hydrogen) atoms. The van der Waals surface area contributed by atoms with E-state index in [1.54, 1.807) is 12.1 Å². The van der Waals surface area contributed by atoms with Crippen LogP contribution in [-0.4, -0.2) is 4.98 Å². The number of nitrogens with zero attached hydrogens (tertiary/aromatic N) is 1. The Balaban J connectivity index is 2.40. The predicted molar refractivity (Wildman–Crippen MR) is 62.1 cm³/mol. The van der Waals surface area contributed by atoms with Crippen molar-refractivity contribution in [2.45, 2.75) is 5.88 Å². The van der Waals surface area contributed by atoms with Gasteiger partial charge >= 0.3 is 0 Å². The molecular weight excluding hydrogens is 256 g/mol. The van der Waals surface area contributed by atoms with Gasteiger partial charge in [-0.3, -0.25) is 0 Å². The fourth-order valence-electron chi connectivity index (χ4n) is 1.13. The molecule has 2 aromatic rings. The highest BCUT2D eigenvalue weighted by Gasteiger charge is 2.06. The molecule has 0 atom stereocenters. The van der Waals surface area contributed by atoms with Crippen LogP contribution in [0, 0.1) is 5.82 Å². The summed E-state index contributed by atoms with van der Waals surface area (Å²) in [6.07, 6.45) is 0. The van der Waals surface area contributed by atoms with Gasteiger partial charge in [0.15, 0.2) is 0 Å². The molecular formula is C10H6Cl2FNS. The Labute approximate surface area is 100 Å². The van der Waals surface area contributed by atoms with E-state index in [2.05, 4.69) is 4.98 Å². The number of benzene rings is 1. The minimum atomic E-state index is -0.422. The molecule has 0 aliphatic carbocycles. The molecule has 0 unspecified atom stereocenters. The lowest BCUT2D eigenvalue weighted by atomic mass is 10.2. The average molecular weight is 262 g/mol. The van der Waals surface area contributed by atoms with Crippen LogP contribution in [0.3, 0.4) is 0 Å². The first-order valence-electron chi connectivity index (χ1n) is 4.16. The molecule has 1 nitrogen and oxygen atoms in total. The number of aromatic nitrogens is 1. The van der Waals surface area contributed by atoms with E-state index in [0.29, 0.717) is 5.88 Å². The van der Waals surface area contributed by atoms with E-state index in [4.69, 9.17) is 23.2 Å². The van der Waals surface area contributed by atoms with Crippen LogP contribution in [0.2, 0.25) is 5.02 Å². The molecule has 0 spiro atoms. The van der Waals surface area contributed by atoms with Crippen LogP contribution in [0.1, 0.15) is 5.69 Å². The van der Waals surface area contributed by atoms with Crippen molar-refractivity contribution in [2.75, 3.05) is 0 Å². The number of halogens is 3. The first-order chi connectivity index (χ1) is 7.20. The Kier molecular flexibility index (Phi) is 3.24. The van der Waals surface area contributed by atoms with Gasteiger partial charge in [-0.1, -0.05) is 11.6 Å². The van der Waals surface area contributed by atoms with Crippen molar-refractivity contribution in [2.24, 2.45) is 0 Å². The summed E-state index contributed by atoms with van der Waals surface area (Å²) in [6, 6.07) is 4.55. The van der Waals surface area contributed by atoms with Crippen LogP contribution in [0.5, 0.6) is 0 Å². The van der Waals surface area contributed by atoms with Gasteiger partial charge in [0.2, 0.25) is 0 Å². The molecule has 0 N–H and O–H groups in total. The Morgan fingerprint density at radius 1 is 1.40 bits per heavy atom. The highest BCUT2D eigenvalue weighted by molar-refractivity contribution is 7.13. The minimum absolute atomic E-state index is 0.107. The Hall–Kier alpha value is -0.640. The van der Waals surface area contributed by atoms with E-state index in [0.717, 1.165) is 16.3 Å². The average Bonchev–Trinajstić information content (AvgIpc) is 2.70. The van der Waals surface area contributed by atoms with Crippen LogP contribution >= 0.6 is 34.5 Å². The number of hydrogen-bond acceptors (Lipinski definition) is 2. The van der Waals surface area contributed by atoms with E-state index in [-0.39, 0.29) is 5.02 Å². The minimum Gasteiger partial charge on any atom is -0.240 e. The third-order valence-corrected chi connectivity index (χ3v) is 3.36. The lowest BCUT2D eigenvalue weighted by molar-refractivity contribution is 0.628. The quantitative estimate of drug-likeness (QED) is 0.733. The third-order valence-electron chi connectivity index (χ3n) is 1.86. The number of hydrogen-bond donors (Lipinski definition) is 0.